The zero-order valence-electron chi connectivity index (χ0n) is 15.2. The van der Waals surface area contributed by atoms with Crippen LogP contribution in [0.4, 0.5) is 0 Å². The number of hydrogen-bond acceptors (Lipinski definition) is 4. The van der Waals surface area contributed by atoms with Gasteiger partial charge in [-0.2, -0.15) is 0 Å². The molecule has 0 aliphatic carbocycles. The molecule has 0 atom stereocenters. The van der Waals surface area contributed by atoms with Crippen molar-refractivity contribution in [1.29, 1.82) is 0 Å². The lowest BCUT2D eigenvalue weighted by molar-refractivity contribution is 0.0927. The number of amides is 2. The molecule has 1 aromatic heterocycles. The second-order valence-electron chi connectivity index (χ2n) is 5.82. The number of carbonyl (C=O) groups is 2. The Morgan fingerprint density at radius 2 is 1.71 bits per heavy atom. The molecule has 0 spiro atoms. The molecule has 0 radical (unpaired) electrons. The van der Waals surface area contributed by atoms with Gasteiger partial charge in [0, 0.05) is 36.7 Å². The zero-order chi connectivity index (χ0) is 19.9. The number of aromatic nitrogens is 2. The normalized spacial score (nSPS) is 10.5. The summed E-state index contributed by atoms with van der Waals surface area (Å²) in [5.74, 6) is -0.469. The highest BCUT2D eigenvalue weighted by Gasteiger charge is 2.10. The highest BCUT2D eigenvalue weighted by atomic mass is 35.5. The van der Waals surface area contributed by atoms with Gasteiger partial charge >= 0.3 is 0 Å². The highest BCUT2D eigenvalue weighted by Crippen LogP contribution is 2.18. The Bertz CT molecular complexity index is 972. The molecule has 2 amide bonds. The molecule has 0 aliphatic heterocycles. The molecule has 0 aliphatic rings. The predicted molar refractivity (Wildman–Crippen MR) is 111 cm³/mol. The number of carbonyl (C=O) groups excluding carboxylic acids is 2. The Kier molecular flexibility index (Phi) is 6.73. The second-order valence-corrected chi connectivity index (χ2v) is 7.00. The standard InChI is InChI=1S/C20H19ClN4O2S/c1-28-20-24-12-13-25(20)15-8-6-14(7-9-15)18(26)22-10-11-23-19(27)16-4-2-3-5-17(16)21/h2-9,12-13H,10-11H2,1H3,(H,22,26)(H,23,27). The second kappa shape index (κ2) is 9.43. The first-order valence-corrected chi connectivity index (χ1v) is 10.2. The van der Waals surface area contributed by atoms with Crippen molar-refractivity contribution >= 4 is 35.2 Å². The Morgan fingerprint density at radius 1 is 1.04 bits per heavy atom. The van der Waals surface area contributed by atoms with Gasteiger partial charge < -0.3 is 10.6 Å². The van der Waals surface area contributed by atoms with Crippen molar-refractivity contribution < 1.29 is 9.59 Å². The van der Waals surface area contributed by atoms with Crippen LogP contribution in [0.25, 0.3) is 5.69 Å². The number of hydrogen-bond donors (Lipinski definition) is 2. The number of halogens is 1. The fraction of sp³-hybridized carbons (Fsp3) is 0.150. The number of nitrogens with one attached hydrogen (secondary N) is 2. The molecule has 0 saturated carbocycles. The molecule has 144 valence electrons. The number of nitrogens with zero attached hydrogens (tertiary/aromatic N) is 2. The Balaban J connectivity index is 1.50. The molecule has 1 heterocycles. The summed E-state index contributed by atoms with van der Waals surface area (Å²) in [4.78, 5) is 28.6. The molecule has 8 heteroatoms. The van der Waals surface area contributed by atoms with Crippen LogP contribution in [-0.2, 0) is 0 Å². The van der Waals surface area contributed by atoms with E-state index in [9.17, 15) is 9.59 Å². The average Bonchev–Trinajstić information content (AvgIpc) is 3.20. The van der Waals surface area contributed by atoms with Crippen molar-refractivity contribution in [2.24, 2.45) is 0 Å². The zero-order valence-corrected chi connectivity index (χ0v) is 16.8. The monoisotopic (exact) mass is 414 g/mol. The quantitative estimate of drug-likeness (QED) is 0.459. The third kappa shape index (κ3) is 4.74. The van der Waals surface area contributed by atoms with E-state index in [0.29, 0.717) is 29.2 Å². The molecule has 0 unspecified atom stereocenters. The van der Waals surface area contributed by atoms with Crippen LogP contribution >= 0.6 is 23.4 Å². The molecule has 2 aromatic carbocycles. The largest absolute Gasteiger partial charge is 0.350 e. The van der Waals surface area contributed by atoms with Gasteiger partial charge in [0.2, 0.25) is 0 Å². The number of thioether (sulfide) groups is 1. The van der Waals surface area contributed by atoms with Crippen LogP contribution in [0.3, 0.4) is 0 Å². The maximum Gasteiger partial charge on any atom is 0.252 e. The van der Waals surface area contributed by atoms with E-state index in [1.165, 1.54) is 0 Å². The van der Waals surface area contributed by atoms with Crippen LogP contribution in [0.15, 0.2) is 66.1 Å². The minimum atomic E-state index is -0.269. The Hall–Kier alpha value is -2.77. The molecular formula is C20H19ClN4O2S. The number of imidazole rings is 1. The minimum Gasteiger partial charge on any atom is -0.350 e. The molecule has 2 N–H and O–H groups in total. The summed E-state index contributed by atoms with van der Waals surface area (Å²) in [7, 11) is 0. The summed E-state index contributed by atoms with van der Waals surface area (Å²) in [5, 5.41) is 6.80. The van der Waals surface area contributed by atoms with Crippen LogP contribution in [0.5, 0.6) is 0 Å². The van der Waals surface area contributed by atoms with Gasteiger partial charge in [0.15, 0.2) is 5.16 Å². The maximum atomic E-state index is 12.3. The van der Waals surface area contributed by atoms with Crippen LogP contribution in [-0.4, -0.2) is 40.7 Å². The van der Waals surface area contributed by atoms with Gasteiger partial charge in [-0.05, 0) is 42.7 Å². The molecule has 3 rings (SSSR count). The summed E-state index contributed by atoms with van der Waals surface area (Å²) in [5.41, 5.74) is 1.90. The van der Waals surface area contributed by atoms with E-state index in [-0.39, 0.29) is 11.8 Å². The van der Waals surface area contributed by atoms with E-state index in [0.717, 1.165) is 10.8 Å². The summed E-state index contributed by atoms with van der Waals surface area (Å²) >= 11 is 7.55. The van der Waals surface area contributed by atoms with E-state index >= 15 is 0 Å². The van der Waals surface area contributed by atoms with E-state index < -0.39 is 0 Å². The van der Waals surface area contributed by atoms with Crippen LogP contribution in [0, 0.1) is 0 Å². The molecule has 3 aromatic rings. The van der Waals surface area contributed by atoms with Crippen molar-refractivity contribution in [3.05, 3.63) is 77.1 Å². The Morgan fingerprint density at radius 3 is 2.39 bits per heavy atom. The molecule has 0 fully saturated rings. The molecule has 0 saturated heterocycles. The van der Waals surface area contributed by atoms with E-state index in [1.54, 1.807) is 54.4 Å². The molecular weight excluding hydrogens is 396 g/mol. The van der Waals surface area contributed by atoms with Crippen LogP contribution in [0.2, 0.25) is 5.02 Å². The summed E-state index contributed by atoms with van der Waals surface area (Å²) in [6, 6.07) is 14.1. The van der Waals surface area contributed by atoms with Crippen molar-refractivity contribution in [3.8, 4) is 5.69 Å². The minimum absolute atomic E-state index is 0.200. The van der Waals surface area contributed by atoms with Crippen molar-refractivity contribution in [2.75, 3.05) is 19.3 Å². The van der Waals surface area contributed by atoms with E-state index in [1.807, 2.05) is 29.2 Å². The average molecular weight is 415 g/mol. The smallest absolute Gasteiger partial charge is 0.252 e. The number of benzene rings is 2. The van der Waals surface area contributed by atoms with Crippen molar-refractivity contribution in [2.45, 2.75) is 5.16 Å². The van der Waals surface area contributed by atoms with Gasteiger partial charge in [0.05, 0.1) is 10.6 Å². The van der Waals surface area contributed by atoms with Crippen molar-refractivity contribution in [3.63, 3.8) is 0 Å². The maximum absolute atomic E-state index is 12.3. The highest BCUT2D eigenvalue weighted by molar-refractivity contribution is 7.98. The van der Waals surface area contributed by atoms with Crippen LogP contribution < -0.4 is 10.6 Å². The first kappa shape index (κ1) is 20.0. The van der Waals surface area contributed by atoms with E-state index in [2.05, 4.69) is 15.6 Å². The Labute approximate surface area is 172 Å². The van der Waals surface area contributed by atoms with Gasteiger partial charge in [-0.25, -0.2) is 4.98 Å². The summed E-state index contributed by atoms with van der Waals surface area (Å²) in [6.07, 6.45) is 5.58. The third-order valence-electron chi connectivity index (χ3n) is 4.01. The van der Waals surface area contributed by atoms with Crippen LogP contribution in [0.1, 0.15) is 20.7 Å². The predicted octanol–water partition coefficient (Wildman–Crippen LogP) is 3.41. The van der Waals surface area contributed by atoms with E-state index in [4.69, 9.17) is 11.6 Å². The van der Waals surface area contributed by atoms with Gasteiger partial charge in [-0.3, -0.25) is 14.2 Å². The fourth-order valence-corrected chi connectivity index (χ4v) is 3.36. The molecule has 28 heavy (non-hydrogen) atoms. The topological polar surface area (TPSA) is 76.0 Å². The first-order chi connectivity index (χ1) is 13.6. The van der Waals surface area contributed by atoms with Gasteiger partial charge in [-0.15, -0.1) is 0 Å². The van der Waals surface area contributed by atoms with Gasteiger partial charge in [0.1, 0.15) is 0 Å². The lowest BCUT2D eigenvalue weighted by atomic mass is 10.2. The van der Waals surface area contributed by atoms with Gasteiger partial charge in [-0.1, -0.05) is 35.5 Å². The summed E-state index contributed by atoms with van der Waals surface area (Å²) < 4.78 is 1.95. The lowest BCUT2D eigenvalue weighted by Crippen LogP contribution is -2.34. The first-order valence-electron chi connectivity index (χ1n) is 8.59. The third-order valence-corrected chi connectivity index (χ3v) is 5.01. The van der Waals surface area contributed by atoms with Crippen molar-refractivity contribution in [1.82, 2.24) is 20.2 Å². The number of rotatable bonds is 7. The SMILES string of the molecule is CSc1nccn1-c1ccc(C(=O)NCCNC(=O)c2ccccc2Cl)cc1. The molecule has 6 nitrogen and oxygen atoms in total. The van der Waals surface area contributed by atoms with Gasteiger partial charge in [0.25, 0.3) is 11.8 Å². The molecule has 0 bridgehead atoms. The fourth-order valence-electron chi connectivity index (χ4n) is 2.61. The lowest BCUT2D eigenvalue weighted by Gasteiger charge is -2.09. The summed E-state index contributed by atoms with van der Waals surface area (Å²) in [6.45, 7) is 0.620.